The Hall–Kier alpha value is -1.42. The average molecular weight is 279 g/mol. The Bertz CT molecular complexity index is 464. The van der Waals surface area contributed by atoms with Gasteiger partial charge in [-0.3, -0.25) is 4.79 Å². The summed E-state index contributed by atoms with van der Waals surface area (Å²) in [6.45, 7) is 1.97. The number of nitrogens with one attached hydrogen (secondary N) is 1. The zero-order valence-electron chi connectivity index (χ0n) is 12.5. The molecule has 0 aromatic heterocycles. The van der Waals surface area contributed by atoms with Gasteiger partial charge in [-0.25, -0.2) is 4.39 Å². The van der Waals surface area contributed by atoms with Crippen LogP contribution in [0.1, 0.15) is 32.6 Å². The fourth-order valence-electron chi connectivity index (χ4n) is 2.97. The standard InChI is InChI=1S/C16H23FN2O/c1-12(19(2,3)15-6-4-5-7-15)16(20)18-14-10-8-13(17)9-11-14/h8-12,15H,4-7H2,1-3H3/p+1/t12-/m1/s1. The number of anilines is 1. The monoisotopic (exact) mass is 279 g/mol. The highest BCUT2D eigenvalue weighted by Crippen LogP contribution is 2.29. The first-order chi connectivity index (χ1) is 9.41. The van der Waals surface area contributed by atoms with E-state index in [0.29, 0.717) is 16.2 Å². The highest BCUT2D eigenvalue weighted by Gasteiger charge is 2.39. The molecule has 4 heteroatoms. The minimum Gasteiger partial charge on any atom is -0.321 e. The molecule has 1 saturated carbocycles. The maximum atomic E-state index is 12.9. The second kappa shape index (κ2) is 5.92. The van der Waals surface area contributed by atoms with E-state index in [1.807, 2.05) is 6.92 Å². The molecule has 0 aliphatic heterocycles. The number of hydrogen-bond acceptors (Lipinski definition) is 1. The number of hydrogen-bond donors (Lipinski definition) is 1. The summed E-state index contributed by atoms with van der Waals surface area (Å²) in [4.78, 5) is 12.4. The van der Waals surface area contributed by atoms with Gasteiger partial charge in [-0.15, -0.1) is 0 Å². The van der Waals surface area contributed by atoms with E-state index in [0.717, 1.165) is 0 Å². The summed E-state index contributed by atoms with van der Waals surface area (Å²) >= 11 is 0. The molecule has 0 heterocycles. The van der Waals surface area contributed by atoms with Crippen LogP contribution in [0.3, 0.4) is 0 Å². The van der Waals surface area contributed by atoms with E-state index in [2.05, 4.69) is 19.4 Å². The topological polar surface area (TPSA) is 29.1 Å². The van der Waals surface area contributed by atoms with Crippen LogP contribution in [0.15, 0.2) is 24.3 Å². The Labute approximate surface area is 120 Å². The van der Waals surface area contributed by atoms with Crippen LogP contribution in [-0.4, -0.2) is 36.6 Å². The van der Waals surface area contributed by atoms with Crippen molar-refractivity contribution in [2.75, 3.05) is 19.4 Å². The fourth-order valence-corrected chi connectivity index (χ4v) is 2.97. The number of rotatable bonds is 4. The molecule has 1 N–H and O–H groups in total. The lowest BCUT2D eigenvalue weighted by Gasteiger charge is -2.40. The van der Waals surface area contributed by atoms with Crippen LogP contribution < -0.4 is 5.32 Å². The van der Waals surface area contributed by atoms with Gasteiger partial charge in [-0.2, -0.15) is 0 Å². The minimum atomic E-state index is -0.293. The lowest BCUT2D eigenvalue weighted by atomic mass is 10.1. The number of carbonyl (C=O) groups excluding carboxylic acids is 1. The summed E-state index contributed by atoms with van der Waals surface area (Å²) in [5, 5.41) is 2.88. The van der Waals surface area contributed by atoms with Crippen molar-refractivity contribution in [1.29, 1.82) is 0 Å². The van der Waals surface area contributed by atoms with E-state index >= 15 is 0 Å². The molecule has 0 spiro atoms. The Morgan fingerprint density at radius 2 is 1.80 bits per heavy atom. The van der Waals surface area contributed by atoms with Gasteiger partial charge in [0.05, 0.1) is 20.1 Å². The van der Waals surface area contributed by atoms with Crippen molar-refractivity contribution in [2.45, 2.75) is 44.7 Å². The SMILES string of the molecule is C[C@H](C(=O)Nc1ccc(F)cc1)[N+](C)(C)C1CCCC1. The van der Waals surface area contributed by atoms with Crippen LogP contribution in [-0.2, 0) is 4.79 Å². The molecule has 0 bridgehead atoms. The van der Waals surface area contributed by atoms with Crippen molar-refractivity contribution in [3.8, 4) is 0 Å². The predicted octanol–water partition coefficient (Wildman–Crippen LogP) is 3.17. The zero-order chi connectivity index (χ0) is 14.8. The fraction of sp³-hybridized carbons (Fsp3) is 0.562. The average Bonchev–Trinajstić information content (AvgIpc) is 2.95. The van der Waals surface area contributed by atoms with Crippen LogP contribution >= 0.6 is 0 Å². The molecule has 1 aromatic rings. The van der Waals surface area contributed by atoms with Crippen molar-refractivity contribution in [1.82, 2.24) is 0 Å². The normalized spacial score (nSPS) is 18.0. The molecule has 0 unspecified atom stereocenters. The number of nitrogens with zero attached hydrogens (tertiary/aromatic N) is 1. The summed E-state index contributed by atoms with van der Waals surface area (Å²) in [5.41, 5.74) is 0.648. The first-order valence-electron chi connectivity index (χ1n) is 7.31. The Morgan fingerprint density at radius 3 is 2.35 bits per heavy atom. The Balaban J connectivity index is 2.02. The Kier molecular flexibility index (Phi) is 4.43. The van der Waals surface area contributed by atoms with Crippen molar-refractivity contribution in [3.63, 3.8) is 0 Å². The van der Waals surface area contributed by atoms with E-state index in [1.165, 1.54) is 37.8 Å². The van der Waals surface area contributed by atoms with Crippen molar-refractivity contribution in [2.24, 2.45) is 0 Å². The third-order valence-corrected chi connectivity index (χ3v) is 4.76. The van der Waals surface area contributed by atoms with Gasteiger partial charge in [-0.1, -0.05) is 0 Å². The van der Waals surface area contributed by atoms with Gasteiger partial charge in [0.15, 0.2) is 6.04 Å². The number of quaternary nitrogens is 1. The predicted molar refractivity (Wildman–Crippen MR) is 78.9 cm³/mol. The maximum Gasteiger partial charge on any atom is 0.282 e. The number of amides is 1. The molecule has 1 amide bonds. The smallest absolute Gasteiger partial charge is 0.282 e. The highest BCUT2D eigenvalue weighted by atomic mass is 19.1. The number of halogens is 1. The van der Waals surface area contributed by atoms with E-state index in [1.54, 1.807) is 12.1 Å². The summed E-state index contributed by atoms with van der Waals surface area (Å²) in [6, 6.07) is 6.34. The number of likely N-dealkylation sites (N-methyl/N-ethyl adjacent to an activating group) is 1. The molecule has 3 nitrogen and oxygen atoms in total. The van der Waals surface area contributed by atoms with E-state index in [9.17, 15) is 9.18 Å². The second-order valence-corrected chi connectivity index (χ2v) is 6.24. The van der Waals surface area contributed by atoms with Crippen molar-refractivity contribution < 1.29 is 13.7 Å². The van der Waals surface area contributed by atoms with Crippen LogP contribution in [0.4, 0.5) is 10.1 Å². The third-order valence-electron chi connectivity index (χ3n) is 4.76. The van der Waals surface area contributed by atoms with Gasteiger partial charge in [0, 0.05) is 5.69 Å². The molecule has 1 atom stereocenters. The van der Waals surface area contributed by atoms with Crippen molar-refractivity contribution >= 4 is 11.6 Å². The van der Waals surface area contributed by atoms with E-state index in [4.69, 9.17) is 0 Å². The molecule has 110 valence electrons. The van der Waals surface area contributed by atoms with Crippen LogP contribution in [0, 0.1) is 5.82 Å². The van der Waals surface area contributed by atoms with E-state index in [-0.39, 0.29) is 17.8 Å². The molecule has 0 saturated heterocycles. The highest BCUT2D eigenvalue weighted by molar-refractivity contribution is 5.93. The summed E-state index contributed by atoms with van der Waals surface area (Å²) in [5.74, 6) is -0.299. The lowest BCUT2D eigenvalue weighted by molar-refractivity contribution is -0.927. The number of benzene rings is 1. The quantitative estimate of drug-likeness (QED) is 0.843. The molecule has 20 heavy (non-hydrogen) atoms. The molecule has 1 fully saturated rings. The second-order valence-electron chi connectivity index (χ2n) is 6.24. The van der Waals surface area contributed by atoms with Crippen LogP contribution in [0.2, 0.25) is 0 Å². The Morgan fingerprint density at radius 1 is 1.25 bits per heavy atom. The molecule has 1 aliphatic carbocycles. The molecular formula is C16H24FN2O+. The molecule has 2 rings (SSSR count). The lowest BCUT2D eigenvalue weighted by Crippen LogP contribution is -2.57. The zero-order valence-corrected chi connectivity index (χ0v) is 12.5. The minimum absolute atomic E-state index is 0.00601. The summed E-state index contributed by atoms with van der Waals surface area (Å²) in [7, 11) is 4.26. The number of carbonyl (C=O) groups is 1. The largest absolute Gasteiger partial charge is 0.321 e. The molecular weight excluding hydrogens is 255 g/mol. The maximum absolute atomic E-state index is 12.9. The first-order valence-corrected chi connectivity index (χ1v) is 7.31. The summed E-state index contributed by atoms with van der Waals surface area (Å²) in [6.07, 6.45) is 4.92. The molecule has 0 radical (unpaired) electrons. The first kappa shape index (κ1) is 15.0. The van der Waals surface area contributed by atoms with Gasteiger partial charge >= 0.3 is 0 Å². The van der Waals surface area contributed by atoms with Gasteiger partial charge in [0.1, 0.15) is 5.82 Å². The van der Waals surface area contributed by atoms with E-state index < -0.39 is 0 Å². The summed E-state index contributed by atoms with van der Waals surface area (Å²) < 4.78 is 13.6. The third kappa shape index (κ3) is 3.18. The van der Waals surface area contributed by atoms with Crippen LogP contribution in [0.25, 0.3) is 0 Å². The van der Waals surface area contributed by atoms with Gasteiger partial charge in [0.2, 0.25) is 0 Å². The van der Waals surface area contributed by atoms with Gasteiger partial charge in [0.25, 0.3) is 5.91 Å². The van der Waals surface area contributed by atoms with Crippen LogP contribution in [0.5, 0.6) is 0 Å². The van der Waals surface area contributed by atoms with Gasteiger partial charge in [-0.05, 0) is 56.9 Å². The van der Waals surface area contributed by atoms with Crippen molar-refractivity contribution in [3.05, 3.63) is 30.1 Å². The van der Waals surface area contributed by atoms with Gasteiger partial charge < -0.3 is 9.80 Å². The molecule has 1 aromatic carbocycles. The molecule has 1 aliphatic rings.